The Hall–Kier alpha value is -1.51. The maximum absolute atomic E-state index is 9.59. The van der Waals surface area contributed by atoms with Crippen LogP contribution in [0, 0.1) is 0 Å². The molecule has 0 aliphatic rings. The van der Waals surface area contributed by atoms with Crippen molar-refractivity contribution in [3.8, 4) is 0 Å². The fourth-order valence-electron chi connectivity index (χ4n) is 1.74. The van der Waals surface area contributed by atoms with Gasteiger partial charge in [-0.25, -0.2) is 0 Å². The van der Waals surface area contributed by atoms with E-state index < -0.39 is 0 Å². The Morgan fingerprint density at radius 2 is 1.65 bits per heavy atom. The lowest BCUT2D eigenvalue weighted by Crippen LogP contribution is -2.30. The van der Waals surface area contributed by atoms with Gasteiger partial charge in [-0.2, -0.15) is 0 Å². The highest BCUT2D eigenvalue weighted by molar-refractivity contribution is 5.79. The molecule has 0 amide bonds. The van der Waals surface area contributed by atoms with Crippen LogP contribution in [0.2, 0.25) is 0 Å². The van der Waals surface area contributed by atoms with Gasteiger partial charge in [0.05, 0.1) is 5.39 Å². The minimum absolute atomic E-state index is 0. The van der Waals surface area contributed by atoms with E-state index in [1.54, 1.807) is 6.20 Å². The summed E-state index contributed by atoms with van der Waals surface area (Å²) in [5, 5.41) is 10.7. The largest absolute Gasteiger partial charge is 0.285 e. The lowest BCUT2D eigenvalue weighted by Gasteiger charge is -2.06. The molecular formula is C14H22BNO+. The molecule has 0 bridgehead atoms. The highest BCUT2D eigenvalue weighted by Crippen LogP contribution is 2.22. The van der Waals surface area contributed by atoms with E-state index in [4.69, 9.17) is 0 Å². The van der Waals surface area contributed by atoms with Crippen LogP contribution >= 0.6 is 0 Å². The van der Waals surface area contributed by atoms with Crippen molar-refractivity contribution in [2.45, 2.75) is 34.6 Å². The predicted octanol–water partition coefficient (Wildman–Crippen LogP) is 3.38. The highest BCUT2D eigenvalue weighted by Gasteiger charge is 2.12. The summed E-state index contributed by atoms with van der Waals surface area (Å²) in [4.78, 5) is 0. The van der Waals surface area contributed by atoms with Gasteiger partial charge in [0.1, 0.15) is 0 Å². The van der Waals surface area contributed by atoms with E-state index in [-0.39, 0.29) is 23.3 Å². The van der Waals surface area contributed by atoms with E-state index in [9.17, 15) is 5.21 Å². The van der Waals surface area contributed by atoms with Crippen molar-refractivity contribution in [2.75, 3.05) is 0 Å². The monoisotopic (exact) mass is 231 g/mol. The van der Waals surface area contributed by atoms with E-state index >= 15 is 0 Å². The van der Waals surface area contributed by atoms with Crippen LogP contribution in [0.15, 0.2) is 36.5 Å². The van der Waals surface area contributed by atoms with Crippen LogP contribution in [-0.2, 0) is 0 Å². The van der Waals surface area contributed by atoms with Crippen molar-refractivity contribution in [2.24, 2.45) is 0 Å². The van der Waals surface area contributed by atoms with Gasteiger partial charge in [-0.1, -0.05) is 40.8 Å². The lowest BCUT2D eigenvalue weighted by atomic mass is 9.99. The summed E-state index contributed by atoms with van der Waals surface area (Å²) in [5.74, 6) is 0.473. The van der Waals surface area contributed by atoms with E-state index in [0.717, 1.165) is 10.9 Å². The number of pyridine rings is 1. The fourth-order valence-corrected chi connectivity index (χ4v) is 1.74. The zero-order chi connectivity index (χ0) is 10.1. The molecule has 0 unspecified atom stereocenters. The first-order valence-electron chi connectivity index (χ1n) is 4.82. The second-order valence-electron chi connectivity index (χ2n) is 3.79. The van der Waals surface area contributed by atoms with Crippen LogP contribution in [0.4, 0.5) is 0 Å². The average molecular weight is 231 g/mol. The molecule has 0 atom stereocenters. The summed E-state index contributed by atoms with van der Waals surface area (Å²) >= 11 is 0. The first-order valence-corrected chi connectivity index (χ1v) is 4.82. The summed E-state index contributed by atoms with van der Waals surface area (Å²) in [6.07, 6.45) is 1.69. The molecule has 0 aliphatic carbocycles. The molecule has 1 aromatic carbocycles. The Morgan fingerprint density at radius 1 is 1.06 bits per heavy atom. The molecule has 0 saturated heterocycles. The van der Waals surface area contributed by atoms with Gasteiger partial charge >= 0.3 is 0 Å². The maximum atomic E-state index is 9.59. The molecule has 0 saturated carbocycles. The van der Waals surface area contributed by atoms with Gasteiger partial charge in [0.2, 0.25) is 6.20 Å². The lowest BCUT2D eigenvalue weighted by molar-refractivity contribution is -0.884. The van der Waals surface area contributed by atoms with Gasteiger partial charge in [-0.3, -0.25) is 5.21 Å². The third-order valence-electron chi connectivity index (χ3n) is 2.48. The SMILES string of the molecule is C.C.CC(C)c1cc[n+](O)c2ccccc12.[B]. The van der Waals surface area contributed by atoms with Crippen molar-refractivity contribution < 1.29 is 9.94 Å². The smallest absolute Gasteiger partial charge is 0.264 e. The minimum atomic E-state index is 0. The van der Waals surface area contributed by atoms with Crippen molar-refractivity contribution >= 4 is 19.3 Å². The Labute approximate surface area is 106 Å². The Bertz CT molecular complexity index is 469. The van der Waals surface area contributed by atoms with Gasteiger partial charge < -0.3 is 0 Å². The summed E-state index contributed by atoms with van der Waals surface area (Å²) in [6.45, 7) is 4.31. The number of fused-ring (bicyclic) bond motifs is 1. The topological polar surface area (TPSA) is 24.1 Å². The van der Waals surface area contributed by atoms with Crippen molar-refractivity contribution in [3.05, 3.63) is 42.1 Å². The summed E-state index contributed by atoms with van der Waals surface area (Å²) in [6, 6.07) is 9.85. The van der Waals surface area contributed by atoms with Gasteiger partial charge in [-0.05, 0) is 17.5 Å². The molecule has 0 fully saturated rings. The number of aromatic nitrogens is 1. The Balaban J connectivity index is 0. The second-order valence-corrected chi connectivity index (χ2v) is 3.79. The molecule has 3 heteroatoms. The third kappa shape index (κ3) is 3.22. The van der Waals surface area contributed by atoms with Crippen LogP contribution < -0.4 is 4.73 Å². The molecule has 2 rings (SSSR count). The van der Waals surface area contributed by atoms with Crippen LogP contribution in [0.1, 0.15) is 40.2 Å². The molecule has 1 N–H and O–H groups in total. The van der Waals surface area contributed by atoms with Gasteiger partial charge in [-0.15, -0.1) is 0 Å². The normalized spacial score (nSPS) is 9.12. The van der Waals surface area contributed by atoms with Crippen LogP contribution in [0.5, 0.6) is 0 Å². The third-order valence-corrected chi connectivity index (χ3v) is 2.48. The maximum Gasteiger partial charge on any atom is 0.264 e. The first kappa shape index (κ1) is 17.9. The Kier molecular flexibility index (Phi) is 7.30. The van der Waals surface area contributed by atoms with E-state index in [1.807, 2.05) is 30.3 Å². The number of benzene rings is 1. The Morgan fingerprint density at radius 3 is 2.24 bits per heavy atom. The molecule has 1 aromatic heterocycles. The summed E-state index contributed by atoms with van der Waals surface area (Å²) < 4.78 is 1.17. The summed E-state index contributed by atoms with van der Waals surface area (Å²) in [5.41, 5.74) is 2.13. The molecule has 0 aliphatic heterocycles. The highest BCUT2D eigenvalue weighted by atomic mass is 16.5. The second kappa shape index (κ2) is 6.95. The van der Waals surface area contributed by atoms with E-state index in [1.165, 1.54) is 10.3 Å². The number of hydrogen-bond acceptors (Lipinski definition) is 1. The first-order chi connectivity index (χ1) is 6.70. The van der Waals surface area contributed by atoms with Crippen molar-refractivity contribution in [1.82, 2.24) is 0 Å². The van der Waals surface area contributed by atoms with Crippen molar-refractivity contribution in [3.63, 3.8) is 0 Å². The van der Waals surface area contributed by atoms with Gasteiger partial charge in [0, 0.05) is 25.3 Å². The molecule has 1 heterocycles. The fraction of sp³-hybridized carbons (Fsp3) is 0.357. The number of para-hydroxylation sites is 1. The number of nitrogens with zero attached hydrogens (tertiary/aromatic N) is 1. The minimum Gasteiger partial charge on any atom is -0.285 e. The quantitative estimate of drug-likeness (QED) is 0.454. The summed E-state index contributed by atoms with van der Waals surface area (Å²) in [7, 11) is 0. The zero-order valence-electron chi connectivity index (χ0n) is 9.01. The number of rotatable bonds is 1. The van der Waals surface area contributed by atoms with Crippen molar-refractivity contribution in [1.29, 1.82) is 0 Å². The predicted molar refractivity (Wildman–Crippen MR) is 74.6 cm³/mol. The average Bonchev–Trinajstić information content (AvgIpc) is 2.18. The van der Waals surface area contributed by atoms with E-state index in [0.29, 0.717) is 5.92 Å². The molecular weight excluding hydrogens is 209 g/mol. The molecule has 2 aromatic rings. The number of hydrogen-bond donors (Lipinski definition) is 1. The molecule has 2 nitrogen and oxygen atoms in total. The van der Waals surface area contributed by atoms with Gasteiger partial charge in [0.25, 0.3) is 5.52 Å². The van der Waals surface area contributed by atoms with Crippen LogP contribution in [0.25, 0.3) is 10.9 Å². The molecule has 0 spiro atoms. The van der Waals surface area contributed by atoms with E-state index in [2.05, 4.69) is 13.8 Å². The zero-order valence-corrected chi connectivity index (χ0v) is 9.01. The molecule has 17 heavy (non-hydrogen) atoms. The van der Waals surface area contributed by atoms with Crippen LogP contribution in [-0.4, -0.2) is 13.6 Å². The van der Waals surface area contributed by atoms with Crippen LogP contribution in [0.3, 0.4) is 0 Å². The molecule has 91 valence electrons. The van der Waals surface area contributed by atoms with Gasteiger partial charge in [0.15, 0.2) is 0 Å². The standard InChI is InChI=1S/C12H14NO.2CH4.B/c1-9(2)10-7-8-13(14)12-6-4-3-5-11(10)12;;;/h3-9,14H,1-2H3;2*1H4;/q+1;;;. The molecule has 3 radical (unpaired) electrons.